The summed E-state index contributed by atoms with van der Waals surface area (Å²) in [5, 5.41) is 9.10. The molecule has 3 rings (SSSR count). The number of aromatic nitrogens is 4. The largest absolute Gasteiger partial charge is 0.351 e. The number of thiophene rings is 1. The molecule has 0 fully saturated rings. The van der Waals surface area contributed by atoms with Crippen LogP contribution in [0.3, 0.4) is 0 Å². The number of aryl methyl sites for hydroxylation is 2. The van der Waals surface area contributed by atoms with Crippen LogP contribution >= 0.6 is 11.3 Å². The fraction of sp³-hybridized carbons (Fsp3) is 0.333. The first-order valence-corrected chi connectivity index (χ1v) is 8.23. The Morgan fingerprint density at radius 1 is 1.43 bits per heavy atom. The Labute approximate surface area is 136 Å². The summed E-state index contributed by atoms with van der Waals surface area (Å²) in [6.45, 7) is 2.77. The van der Waals surface area contributed by atoms with Gasteiger partial charge in [-0.25, -0.2) is 9.67 Å². The van der Waals surface area contributed by atoms with Gasteiger partial charge in [-0.3, -0.25) is 14.0 Å². The Bertz CT molecular complexity index is 866. The smallest absolute Gasteiger partial charge is 0.310 e. The Hall–Kier alpha value is -2.48. The van der Waals surface area contributed by atoms with Gasteiger partial charge in [-0.15, -0.1) is 11.3 Å². The van der Waals surface area contributed by atoms with Gasteiger partial charge in [0.1, 0.15) is 5.82 Å². The topological polar surface area (TPSA) is 81.3 Å². The van der Waals surface area contributed by atoms with Gasteiger partial charge >= 0.3 is 5.56 Å². The Morgan fingerprint density at radius 3 is 3.09 bits per heavy atom. The molecule has 23 heavy (non-hydrogen) atoms. The maximum absolute atomic E-state index is 12.2. The van der Waals surface area contributed by atoms with Gasteiger partial charge in [0, 0.05) is 30.2 Å². The molecule has 0 aliphatic rings. The molecule has 0 unspecified atom stereocenters. The summed E-state index contributed by atoms with van der Waals surface area (Å²) in [4.78, 5) is 29.2. The number of rotatable bonds is 6. The van der Waals surface area contributed by atoms with Crippen molar-refractivity contribution in [1.82, 2.24) is 24.5 Å². The predicted molar refractivity (Wildman–Crippen MR) is 87.4 cm³/mol. The molecule has 3 heterocycles. The van der Waals surface area contributed by atoms with E-state index in [-0.39, 0.29) is 11.5 Å². The number of carbonyl (C=O) groups excluding carboxylic acids is 1. The number of nitrogens with one attached hydrogen (secondary N) is 1. The third-order valence-electron chi connectivity index (χ3n) is 3.49. The molecule has 0 radical (unpaired) electrons. The van der Waals surface area contributed by atoms with Gasteiger partial charge < -0.3 is 5.32 Å². The van der Waals surface area contributed by atoms with E-state index in [0.29, 0.717) is 37.4 Å². The summed E-state index contributed by atoms with van der Waals surface area (Å²) >= 11 is 1.61. The number of fused-ring (bicyclic) bond motifs is 1. The van der Waals surface area contributed by atoms with Crippen LogP contribution in [0.5, 0.6) is 0 Å². The van der Waals surface area contributed by atoms with Crippen molar-refractivity contribution in [2.24, 2.45) is 0 Å². The summed E-state index contributed by atoms with van der Waals surface area (Å²) < 4.78 is 3.04. The van der Waals surface area contributed by atoms with Crippen molar-refractivity contribution in [1.29, 1.82) is 0 Å². The zero-order valence-corrected chi connectivity index (χ0v) is 13.5. The molecular formula is C15H17N5O2S. The molecule has 7 nitrogen and oxygen atoms in total. The molecule has 120 valence electrons. The van der Waals surface area contributed by atoms with Crippen LogP contribution in [-0.4, -0.2) is 25.1 Å². The van der Waals surface area contributed by atoms with Gasteiger partial charge in [0.25, 0.3) is 0 Å². The highest BCUT2D eigenvalue weighted by molar-refractivity contribution is 7.09. The van der Waals surface area contributed by atoms with Crippen LogP contribution in [0.25, 0.3) is 5.65 Å². The van der Waals surface area contributed by atoms with E-state index in [1.165, 1.54) is 4.68 Å². The Balaban J connectivity index is 1.55. The van der Waals surface area contributed by atoms with Gasteiger partial charge in [-0.05, 0) is 24.8 Å². The summed E-state index contributed by atoms with van der Waals surface area (Å²) in [6.07, 6.45) is 4.20. The molecular weight excluding hydrogens is 314 g/mol. The third-order valence-corrected chi connectivity index (χ3v) is 4.37. The van der Waals surface area contributed by atoms with E-state index in [1.807, 2.05) is 24.4 Å². The van der Waals surface area contributed by atoms with E-state index in [9.17, 15) is 9.59 Å². The molecule has 0 spiro atoms. The lowest BCUT2D eigenvalue weighted by atomic mass is 10.3. The first kappa shape index (κ1) is 15.4. The van der Waals surface area contributed by atoms with Crippen LogP contribution < -0.4 is 10.9 Å². The van der Waals surface area contributed by atoms with Crippen molar-refractivity contribution in [2.45, 2.75) is 32.9 Å². The molecule has 3 aromatic heterocycles. The van der Waals surface area contributed by atoms with E-state index in [0.717, 1.165) is 4.88 Å². The first-order chi connectivity index (χ1) is 11.1. The second-order valence-corrected chi connectivity index (χ2v) is 6.19. The van der Waals surface area contributed by atoms with Crippen LogP contribution in [0, 0.1) is 6.92 Å². The zero-order chi connectivity index (χ0) is 16.2. The van der Waals surface area contributed by atoms with Crippen LogP contribution in [0.2, 0.25) is 0 Å². The first-order valence-electron chi connectivity index (χ1n) is 7.35. The number of hydrogen-bond donors (Lipinski definition) is 1. The molecule has 1 amide bonds. The van der Waals surface area contributed by atoms with E-state index >= 15 is 0 Å². The van der Waals surface area contributed by atoms with Crippen molar-refractivity contribution in [3.63, 3.8) is 0 Å². The van der Waals surface area contributed by atoms with Crippen molar-refractivity contribution in [3.8, 4) is 0 Å². The summed E-state index contributed by atoms with van der Waals surface area (Å²) in [6, 6.07) is 3.94. The maximum Gasteiger partial charge on any atom is 0.310 e. The maximum atomic E-state index is 12.2. The number of amides is 1. The standard InChI is InChI=1S/C15H17N5O2S/c1-11-18-20(15(22)14-16-6-8-19(11)14)7-2-5-13(21)17-10-12-4-3-9-23-12/h3-4,6,8-9H,2,5,7,10H2,1H3,(H,17,21). The lowest BCUT2D eigenvalue weighted by molar-refractivity contribution is -0.121. The Kier molecular flexibility index (Phi) is 4.52. The predicted octanol–water partition coefficient (Wildman–Crippen LogP) is 1.36. The molecule has 8 heteroatoms. The minimum atomic E-state index is -0.236. The third kappa shape index (κ3) is 3.48. The van der Waals surface area contributed by atoms with Crippen LogP contribution in [0.1, 0.15) is 23.5 Å². The summed E-state index contributed by atoms with van der Waals surface area (Å²) in [7, 11) is 0. The number of carbonyl (C=O) groups is 1. The fourth-order valence-electron chi connectivity index (χ4n) is 2.33. The lowest BCUT2D eigenvalue weighted by Crippen LogP contribution is -2.28. The fourth-order valence-corrected chi connectivity index (χ4v) is 2.98. The van der Waals surface area contributed by atoms with Gasteiger partial charge in [0.2, 0.25) is 11.6 Å². The normalized spacial score (nSPS) is 11.0. The molecule has 0 saturated heterocycles. The van der Waals surface area contributed by atoms with Gasteiger partial charge in [-0.2, -0.15) is 5.10 Å². The zero-order valence-electron chi connectivity index (χ0n) is 12.7. The number of imidazole rings is 1. The van der Waals surface area contributed by atoms with E-state index < -0.39 is 0 Å². The summed E-state index contributed by atoms with van der Waals surface area (Å²) in [5.74, 6) is 0.671. The quantitative estimate of drug-likeness (QED) is 0.739. The molecule has 0 bridgehead atoms. The highest BCUT2D eigenvalue weighted by Gasteiger charge is 2.09. The van der Waals surface area contributed by atoms with Crippen LogP contribution in [0.4, 0.5) is 0 Å². The molecule has 0 aromatic carbocycles. The number of nitrogens with zero attached hydrogens (tertiary/aromatic N) is 4. The monoisotopic (exact) mass is 331 g/mol. The van der Waals surface area contributed by atoms with E-state index in [2.05, 4.69) is 15.4 Å². The molecule has 1 N–H and O–H groups in total. The summed E-state index contributed by atoms with van der Waals surface area (Å²) in [5.41, 5.74) is 0.124. The van der Waals surface area contributed by atoms with Crippen molar-refractivity contribution >= 4 is 22.9 Å². The second kappa shape index (κ2) is 6.74. The Morgan fingerprint density at radius 2 is 2.30 bits per heavy atom. The SMILES string of the molecule is Cc1nn(CCCC(=O)NCc2cccs2)c(=O)c2nccn12. The average molecular weight is 331 g/mol. The molecule has 3 aromatic rings. The van der Waals surface area contributed by atoms with E-state index in [1.54, 1.807) is 28.1 Å². The van der Waals surface area contributed by atoms with Gasteiger partial charge in [0.05, 0.1) is 6.54 Å². The molecule has 0 saturated carbocycles. The van der Waals surface area contributed by atoms with Crippen molar-refractivity contribution in [3.05, 3.63) is 51.0 Å². The van der Waals surface area contributed by atoms with Gasteiger partial charge in [0.15, 0.2) is 0 Å². The highest BCUT2D eigenvalue weighted by Crippen LogP contribution is 2.07. The van der Waals surface area contributed by atoms with Crippen LogP contribution in [-0.2, 0) is 17.9 Å². The average Bonchev–Trinajstić information content (AvgIpc) is 3.21. The van der Waals surface area contributed by atoms with E-state index in [4.69, 9.17) is 0 Å². The minimum Gasteiger partial charge on any atom is -0.351 e. The van der Waals surface area contributed by atoms with Crippen molar-refractivity contribution < 1.29 is 4.79 Å². The molecule has 0 aliphatic carbocycles. The second-order valence-electron chi connectivity index (χ2n) is 5.16. The number of hydrogen-bond acceptors (Lipinski definition) is 5. The minimum absolute atomic E-state index is 0.0231. The van der Waals surface area contributed by atoms with Gasteiger partial charge in [-0.1, -0.05) is 6.07 Å². The van der Waals surface area contributed by atoms with Crippen molar-refractivity contribution in [2.75, 3.05) is 0 Å². The highest BCUT2D eigenvalue weighted by atomic mass is 32.1. The molecule has 0 aliphatic heterocycles. The molecule has 0 atom stereocenters. The van der Waals surface area contributed by atoms with Crippen LogP contribution in [0.15, 0.2) is 34.7 Å². The lowest BCUT2D eigenvalue weighted by Gasteiger charge is -2.07.